The van der Waals surface area contributed by atoms with Gasteiger partial charge in [0, 0.05) is 10.4 Å². The summed E-state index contributed by atoms with van der Waals surface area (Å²) in [4.78, 5) is 0. The molecular weight excluding hydrogens is 201 g/mol. The minimum absolute atomic E-state index is 0. The van der Waals surface area contributed by atoms with Crippen LogP contribution in [0.15, 0.2) is 0 Å². The fourth-order valence-corrected chi connectivity index (χ4v) is 0. The van der Waals surface area contributed by atoms with Crippen LogP contribution in [0.3, 0.4) is 0 Å². The molecule has 0 atom stereocenters. The Labute approximate surface area is 60.4 Å². The average molecular weight is 205 g/mol. The molecule has 0 aliphatic carbocycles. The maximum absolute atomic E-state index is 8.52. The van der Waals surface area contributed by atoms with Crippen molar-refractivity contribution in [1.82, 2.24) is 6.15 Å². The Morgan fingerprint density at radius 2 is 1.14 bits per heavy atom. The molecule has 7 heavy (non-hydrogen) atoms. The van der Waals surface area contributed by atoms with E-state index in [-0.39, 0.29) is 32.4 Å². The van der Waals surface area contributed by atoms with Gasteiger partial charge in [-0.3, -0.25) is 8.42 Å². The molecule has 0 saturated carbocycles. The van der Waals surface area contributed by atoms with Crippen molar-refractivity contribution in [3.63, 3.8) is 0 Å². The first-order valence-corrected chi connectivity index (χ1v) is 2.00. The molecule has 0 bridgehead atoms. The van der Waals surface area contributed by atoms with Gasteiger partial charge in [-0.05, 0) is 0 Å². The topological polar surface area (TPSA) is 117 Å². The van der Waals surface area contributed by atoms with Gasteiger partial charge >= 0.3 is 26.2 Å². The zero-order valence-corrected chi connectivity index (χ0v) is 6.82. The normalized spacial score (nSPS) is 8.29. The molecule has 0 aromatic rings. The number of hydrogen-bond acceptors (Lipinski definition) is 4. The summed E-state index contributed by atoms with van der Waals surface area (Å²) in [6.45, 7) is 0. The zero-order chi connectivity index (χ0) is 4.50. The largest absolute Gasteiger partial charge is 4.00 e. The SMILES string of the molecule is O=S(=O)([O-])[O-].[NH4+].[Zr+4]. The van der Waals surface area contributed by atoms with Gasteiger partial charge in [-0.1, -0.05) is 0 Å². The van der Waals surface area contributed by atoms with Crippen LogP contribution < -0.4 is 6.15 Å². The van der Waals surface area contributed by atoms with Crippen molar-refractivity contribution in [2.45, 2.75) is 0 Å². The molecule has 0 saturated heterocycles. The Morgan fingerprint density at radius 1 is 1.14 bits per heavy atom. The third kappa shape index (κ3) is 293. The van der Waals surface area contributed by atoms with Crippen molar-refractivity contribution in [3.05, 3.63) is 0 Å². The Kier molecular flexibility index (Phi) is 10.9. The summed E-state index contributed by atoms with van der Waals surface area (Å²) >= 11 is 0. The van der Waals surface area contributed by atoms with E-state index in [9.17, 15) is 0 Å². The van der Waals surface area contributed by atoms with Crippen LogP contribution in [0.25, 0.3) is 0 Å². The average Bonchev–Trinajstić information content (AvgIpc) is 0.722. The van der Waals surface area contributed by atoms with Gasteiger partial charge in [0.25, 0.3) is 0 Å². The summed E-state index contributed by atoms with van der Waals surface area (Å²) < 4.78 is 34.1. The molecule has 0 aromatic heterocycles. The molecule has 7 heteroatoms. The van der Waals surface area contributed by atoms with E-state index in [0.29, 0.717) is 0 Å². The third-order valence-electron chi connectivity index (χ3n) is 0. The molecule has 0 fully saturated rings. The molecule has 0 aromatic carbocycles. The van der Waals surface area contributed by atoms with Crippen LogP contribution in [-0.4, -0.2) is 17.5 Å². The van der Waals surface area contributed by atoms with Crippen LogP contribution in [0.2, 0.25) is 0 Å². The van der Waals surface area contributed by atoms with Gasteiger partial charge in [0.05, 0.1) is 0 Å². The van der Waals surface area contributed by atoms with Crippen LogP contribution in [0.4, 0.5) is 0 Å². The standard InChI is InChI=1S/H3N.H2O4S.Zr/c;1-5(2,3)4;/h1H3;(H2,1,2,3,4);/q;;+4/p-1. The van der Waals surface area contributed by atoms with Crippen molar-refractivity contribution < 1.29 is 43.7 Å². The maximum atomic E-state index is 8.52. The molecule has 0 unspecified atom stereocenters. The molecule has 40 valence electrons. The van der Waals surface area contributed by atoms with E-state index in [1.807, 2.05) is 0 Å². The van der Waals surface area contributed by atoms with Gasteiger partial charge < -0.3 is 15.3 Å². The van der Waals surface area contributed by atoms with Gasteiger partial charge in [-0.2, -0.15) is 0 Å². The zero-order valence-electron chi connectivity index (χ0n) is 3.54. The third-order valence-corrected chi connectivity index (χ3v) is 0. The van der Waals surface area contributed by atoms with Crippen LogP contribution in [0.1, 0.15) is 0 Å². The molecule has 5 nitrogen and oxygen atoms in total. The van der Waals surface area contributed by atoms with Crippen LogP contribution in [-0.2, 0) is 36.6 Å². The van der Waals surface area contributed by atoms with Crippen LogP contribution in [0.5, 0.6) is 0 Å². The first-order chi connectivity index (χ1) is 2.00. The molecule has 0 spiro atoms. The van der Waals surface area contributed by atoms with Crippen molar-refractivity contribution >= 4 is 10.4 Å². The van der Waals surface area contributed by atoms with Crippen molar-refractivity contribution in [2.24, 2.45) is 0 Å². The summed E-state index contributed by atoms with van der Waals surface area (Å²) in [7, 11) is -5.17. The van der Waals surface area contributed by atoms with E-state index in [1.54, 1.807) is 0 Å². The Morgan fingerprint density at radius 3 is 1.14 bits per heavy atom. The quantitative estimate of drug-likeness (QED) is 0.404. The van der Waals surface area contributed by atoms with E-state index in [4.69, 9.17) is 17.5 Å². The van der Waals surface area contributed by atoms with Gasteiger partial charge in [-0.25, -0.2) is 0 Å². The maximum Gasteiger partial charge on any atom is 4.00 e. The van der Waals surface area contributed by atoms with E-state index < -0.39 is 10.4 Å². The van der Waals surface area contributed by atoms with E-state index in [1.165, 1.54) is 0 Å². The smallest absolute Gasteiger partial charge is 0.759 e. The molecule has 0 heterocycles. The van der Waals surface area contributed by atoms with Crippen molar-refractivity contribution in [1.29, 1.82) is 0 Å². The van der Waals surface area contributed by atoms with Gasteiger partial charge in [0.1, 0.15) is 0 Å². The second kappa shape index (κ2) is 4.86. The van der Waals surface area contributed by atoms with Crippen LogP contribution >= 0.6 is 0 Å². The fourth-order valence-electron chi connectivity index (χ4n) is 0. The Hall–Kier alpha value is 0.713. The Bertz CT molecular complexity index is 94.9. The van der Waals surface area contributed by atoms with Crippen LogP contribution in [0, 0.1) is 0 Å². The molecule has 0 radical (unpaired) electrons. The second-order valence-corrected chi connectivity index (χ2v) is 1.22. The number of rotatable bonds is 0. The van der Waals surface area contributed by atoms with Gasteiger partial charge in [0.15, 0.2) is 0 Å². The fraction of sp³-hybridized carbons (Fsp3) is 0. The Balaban J connectivity index is -0.0000000800. The first kappa shape index (κ1) is 15.6. The molecule has 0 aliphatic rings. The predicted octanol–water partition coefficient (Wildman–Crippen LogP) is -0.964. The minimum atomic E-state index is -5.17. The first-order valence-electron chi connectivity index (χ1n) is 0.667. The minimum Gasteiger partial charge on any atom is -0.759 e. The van der Waals surface area contributed by atoms with E-state index in [2.05, 4.69) is 0 Å². The van der Waals surface area contributed by atoms with E-state index >= 15 is 0 Å². The number of hydrogen-bond donors (Lipinski definition) is 1. The number of quaternary nitrogens is 1. The summed E-state index contributed by atoms with van der Waals surface area (Å²) in [5, 5.41) is 0. The summed E-state index contributed by atoms with van der Waals surface area (Å²) in [6.07, 6.45) is 0. The van der Waals surface area contributed by atoms with Gasteiger partial charge in [0.2, 0.25) is 0 Å². The molecule has 0 amide bonds. The molecule has 0 aliphatic heterocycles. The molecule has 0 rings (SSSR count). The summed E-state index contributed by atoms with van der Waals surface area (Å²) in [5.41, 5.74) is 0. The second-order valence-electron chi connectivity index (χ2n) is 0.408. The molecule has 4 N–H and O–H groups in total. The summed E-state index contributed by atoms with van der Waals surface area (Å²) in [5.74, 6) is 0. The molecular formula is H4NO4SZr+3. The van der Waals surface area contributed by atoms with Gasteiger partial charge in [-0.15, -0.1) is 0 Å². The summed E-state index contributed by atoms with van der Waals surface area (Å²) in [6, 6.07) is 0. The van der Waals surface area contributed by atoms with Crippen molar-refractivity contribution in [2.75, 3.05) is 0 Å². The van der Waals surface area contributed by atoms with E-state index in [0.717, 1.165) is 0 Å². The van der Waals surface area contributed by atoms with Crippen molar-refractivity contribution in [3.8, 4) is 0 Å². The predicted molar refractivity (Wildman–Crippen MR) is 16.5 cm³/mol. The monoisotopic (exact) mass is 204 g/mol.